The summed E-state index contributed by atoms with van der Waals surface area (Å²) in [6.07, 6.45) is 1.41. The van der Waals surface area contributed by atoms with Gasteiger partial charge in [-0.2, -0.15) is 0 Å². The second-order valence-corrected chi connectivity index (χ2v) is 6.84. The third-order valence-electron chi connectivity index (χ3n) is 3.66. The number of hydrogen-bond acceptors (Lipinski definition) is 6. The molecule has 2 heterocycles. The monoisotopic (exact) mass is 405 g/mol. The zero-order chi connectivity index (χ0) is 19.4. The van der Waals surface area contributed by atoms with E-state index in [-0.39, 0.29) is 24.1 Å². The Morgan fingerprint density at radius 3 is 2.85 bits per heavy atom. The van der Waals surface area contributed by atoms with Gasteiger partial charge in [-0.3, -0.25) is 9.59 Å². The van der Waals surface area contributed by atoms with Gasteiger partial charge in [-0.25, -0.2) is 4.98 Å². The number of amides is 2. The lowest BCUT2D eigenvalue weighted by molar-refractivity contribution is -0.116. The van der Waals surface area contributed by atoms with Crippen LogP contribution in [-0.4, -0.2) is 42.4 Å². The van der Waals surface area contributed by atoms with Gasteiger partial charge in [-0.15, -0.1) is 11.3 Å². The molecule has 3 aromatic rings. The van der Waals surface area contributed by atoms with Gasteiger partial charge in [0, 0.05) is 18.0 Å². The fourth-order valence-corrected chi connectivity index (χ4v) is 3.32. The van der Waals surface area contributed by atoms with Crippen molar-refractivity contribution < 1.29 is 18.7 Å². The number of hydrogen-bond donors (Lipinski definition) is 1. The lowest BCUT2D eigenvalue weighted by Crippen LogP contribution is -2.34. The summed E-state index contributed by atoms with van der Waals surface area (Å²) in [6, 6.07) is 8.50. The van der Waals surface area contributed by atoms with E-state index < -0.39 is 0 Å². The van der Waals surface area contributed by atoms with Crippen LogP contribution >= 0.6 is 22.9 Å². The number of nitrogens with one attached hydrogen (secondary N) is 1. The molecule has 1 aromatic carbocycles. The van der Waals surface area contributed by atoms with Crippen LogP contribution in [0, 0.1) is 0 Å². The topological polar surface area (TPSA) is 84.7 Å². The fraction of sp³-hybridized carbons (Fsp3) is 0.167. The fourth-order valence-electron chi connectivity index (χ4n) is 2.32. The smallest absolute Gasteiger partial charge is 0.289 e. The zero-order valence-electron chi connectivity index (χ0n) is 14.6. The summed E-state index contributed by atoms with van der Waals surface area (Å²) in [5.74, 6) is 0.0283. The van der Waals surface area contributed by atoms with Crippen LogP contribution in [0.4, 0.5) is 5.13 Å². The molecule has 0 saturated carbocycles. The largest absolute Gasteiger partial charge is 0.495 e. The van der Waals surface area contributed by atoms with Crippen LogP contribution in [-0.2, 0) is 4.79 Å². The maximum Gasteiger partial charge on any atom is 0.289 e. The number of likely N-dealkylation sites (N-methyl/N-ethyl adjacent to an activating group) is 1. The molecule has 0 aliphatic rings. The van der Waals surface area contributed by atoms with Crippen LogP contribution < -0.4 is 10.1 Å². The van der Waals surface area contributed by atoms with Crippen molar-refractivity contribution in [2.45, 2.75) is 0 Å². The average Bonchev–Trinajstić information content (AvgIpc) is 3.32. The number of ether oxygens (including phenoxy) is 1. The Labute approximate surface area is 164 Å². The summed E-state index contributed by atoms with van der Waals surface area (Å²) >= 11 is 7.42. The number of thiazole rings is 1. The molecule has 0 aliphatic heterocycles. The number of furan rings is 1. The van der Waals surface area contributed by atoms with Crippen molar-refractivity contribution in [3.63, 3.8) is 0 Å². The summed E-state index contributed by atoms with van der Waals surface area (Å²) in [5, 5.41) is 5.41. The van der Waals surface area contributed by atoms with Crippen LogP contribution in [0.1, 0.15) is 10.6 Å². The maximum absolute atomic E-state index is 12.2. The van der Waals surface area contributed by atoms with Crippen molar-refractivity contribution in [2.24, 2.45) is 0 Å². The van der Waals surface area contributed by atoms with Crippen LogP contribution in [0.2, 0.25) is 5.02 Å². The van der Waals surface area contributed by atoms with Gasteiger partial charge < -0.3 is 19.4 Å². The van der Waals surface area contributed by atoms with Crippen molar-refractivity contribution in [3.8, 4) is 17.0 Å². The van der Waals surface area contributed by atoms with E-state index in [0.717, 1.165) is 5.56 Å². The van der Waals surface area contributed by atoms with Gasteiger partial charge in [0.1, 0.15) is 12.3 Å². The predicted molar refractivity (Wildman–Crippen MR) is 103 cm³/mol. The van der Waals surface area contributed by atoms with E-state index in [2.05, 4.69) is 10.3 Å². The molecule has 0 radical (unpaired) electrons. The van der Waals surface area contributed by atoms with Crippen molar-refractivity contribution in [3.05, 3.63) is 52.8 Å². The second-order valence-electron chi connectivity index (χ2n) is 5.57. The lowest BCUT2D eigenvalue weighted by atomic mass is 10.2. The van der Waals surface area contributed by atoms with Crippen molar-refractivity contribution >= 4 is 39.9 Å². The van der Waals surface area contributed by atoms with E-state index in [9.17, 15) is 9.59 Å². The van der Waals surface area contributed by atoms with E-state index >= 15 is 0 Å². The Morgan fingerprint density at radius 1 is 1.37 bits per heavy atom. The summed E-state index contributed by atoms with van der Waals surface area (Å²) in [5.41, 5.74) is 1.49. The molecular formula is C18H16ClN3O4S. The molecule has 0 spiro atoms. The minimum absolute atomic E-state index is 0.122. The van der Waals surface area contributed by atoms with Gasteiger partial charge in [0.2, 0.25) is 5.91 Å². The van der Waals surface area contributed by atoms with E-state index in [4.69, 9.17) is 20.8 Å². The molecule has 2 aromatic heterocycles. The van der Waals surface area contributed by atoms with E-state index in [0.29, 0.717) is 21.6 Å². The Morgan fingerprint density at radius 2 is 2.19 bits per heavy atom. The first-order valence-corrected chi connectivity index (χ1v) is 9.12. The molecule has 0 unspecified atom stereocenters. The Kier molecular flexibility index (Phi) is 5.78. The first kappa shape index (κ1) is 18.9. The number of nitrogens with zero attached hydrogens (tertiary/aromatic N) is 2. The number of carbonyl (C=O) groups is 2. The molecule has 2 amide bonds. The van der Waals surface area contributed by atoms with Gasteiger partial charge >= 0.3 is 0 Å². The number of aromatic nitrogens is 1. The van der Waals surface area contributed by atoms with Crippen LogP contribution in [0.15, 0.2) is 46.4 Å². The number of halogens is 1. The van der Waals surface area contributed by atoms with E-state index in [1.54, 1.807) is 31.4 Å². The molecule has 140 valence electrons. The molecule has 1 N–H and O–H groups in total. The van der Waals surface area contributed by atoms with Crippen LogP contribution in [0.3, 0.4) is 0 Å². The minimum atomic E-state index is -0.372. The van der Waals surface area contributed by atoms with Gasteiger partial charge in [-0.05, 0) is 30.3 Å². The molecule has 7 nitrogen and oxygen atoms in total. The van der Waals surface area contributed by atoms with Crippen molar-refractivity contribution in [1.29, 1.82) is 0 Å². The van der Waals surface area contributed by atoms with Crippen molar-refractivity contribution in [1.82, 2.24) is 9.88 Å². The van der Waals surface area contributed by atoms with Gasteiger partial charge in [0.25, 0.3) is 5.91 Å². The molecule has 0 atom stereocenters. The van der Waals surface area contributed by atoms with Gasteiger partial charge in [0.15, 0.2) is 10.9 Å². The Hall–Kier alpha value is -2.84. The summed E-state index contributed by atoms with van der Waals surface area (Å²) in [4.78, 5) is 29.9. The molecule has 0 aliphatic carbocycles. The first-order chi connectivity index (χ1) is 13.0. The quantitative estimate of drug-likeness (QED) is 0.674. The van der Waals surface area contributed by atoms with Crippen LogP contribution in [0.5, 0.6) is 5.75 Å². The molecule has 0 fully saturated rings. The number of rotatable bonds is 6. The zero-order valence-corrected chi connectivity index (χ0v) is 16.1. The highest BCUT2D eigenvalue weighted by Crippen LogP contribution is 2.31. The third-order valence-corrected chi connectivity index (χ3v) is 4.71. The average molecular weight is 406 g/mol. The third kappa shape index (κ3) is 4.47. The van der Waals surface area contributed by atoms with E-state index in [1.165, 1.54) is 29.5 Å². The number of carbonyl (C=O) groups excluding carboxylic acids is 2. The standard InChI is InChI=1S/C18H16ClN3O4S/c1-22(17(24)15-4-3-7-26-15)9-16(23)21-18-20-13(10-27-18)11-5-6-14(25-2)12(19)8-11/h3-8,10H,9H2,1-2H3,(H,20,21,23). The maximum atomic E-state index is 12.2. The normalized spacial score (nSPS) is 10.5. The molecule has 27 heavy (non-hydrogen) atoms. The second kappa shape index (κ2) is 8.24. The lowest BCUT2D eigenvalue weighted by Gasteiger charge is -2.14. The number of methoxy groups -OCH3 is 1. The predicted octanol–water partition coefficient (Wildman–Crippen LogP) is 3.78. The van der Waals surface area contributed by atoms with E-state index in [1.807, 2.05) is 11.4 Å². The SMILES string of the molecule is COc1ccc(-c2csc(NC(=O)CN(C)C(=O)c3ccco3)n2)cc1Cl. The highest BCUT2D eigenvalue weighted by molar-refractivity contribution is 7.14. The minimum Gasteiger partial charge on any atom is -0.495 e. The molecule has 0 bridgehead atoms. The molecule has 3 rings (SSSR count). The number of anilines is 1. The van der Waals surface area contributed by atoms with Crippen LogP contribution in [0.25, 0.3) is 11.3 Å². The summed E-state index contributed by atoms with van der Waals surface area (Å²) in [6.45, 7) is -0.122. The Bertz CT molecular complexity index is 955. The number of benzene rings is 1. The van der Waals surface area contributed by atoms with Gasteiger partial charge in [0.05, 0.1) is 24.1 Å². The van der Waals surface area contributed by atoms with Crippen molar-refractivity contribution in [2.75, 3.05) is 26.0 Å². The Balaban J connectivity index is 1.62. The first-order valence-electron chi connectivity index (χ1n) is 7.86. The molecule has 9 heteroatoms. The molecule has 0 saturated heterocycles. The highest BCUT2D eigenvalue weighted by atomic mass is 35.5. The summed E-state index contributed by atoms with van der Waals surface area (Å²) < 4.78 is 10.2. The molecular weight excluding hydrogens is 390 g/mol. The summed E-state index contributed by atoms with van der Waals surface area (Å²) in [7, 11) is 3.07. The highest BCUT2D eigenvalue weighted by Gasteiger charge is 2.18. The van der Waals surface area contributed by atoms with Gasteiger partial charge in [-0.1, -0.05) is 11.6 Å².